The first-order chi connectivity index (χ1) is 8.12. The van der Waals surface area contributed by atoms with Crippen molar-refractivity contribution in [2.75, 3.05) is 18.4 Å². The lowest BCUT2D eigenvalue weighted by molar-refractivity contribution is -0.106. The highest BCUT2D eigenvalue weighted by Crippen LogP contribution is 2.42. The number of halogens is 2. The highest BCUT2D eigenvalue weighted by Gasteiger charge is 2.44. The number of aromatic nitrogens is 1. The van der Waals surface area contributed by atoms with E-state index < -0.39 is 5.92 Å². The zero-order valence-electron chi connectivity index (χ0n) is 9.43. The summed E-state index contributed by atoms with van der Waals surface area (Å²) in [5, 5.41) is 7.37. The van der Waals surface area contributed by atoms with E-state index in [1.807, 2.05) is 0 Å². The molecule has 1 aromatic heterocycles. The van der Waals surface area contributed by atoms with E-state index in [4.69, 9.17) is 0 Å². The maximum Gasteiger partial charge on any atom is 0.248 e. The summed E-state index contributed by atoms with van der Waals surface area (Å²) in [6.45, 7) is 2.48. The molecule has 0 spiro atoms. The van der Waals surface area contributed by atoms with Crippen LogP contribution in [0.2, 0.25) is 0 Å². The third kappa shape index (κ3) is 2.42. The number of anilines is 1. The monoisotopic (exact) mass is 259 g/mol. The number of hydrogen-bond donors (Lipinski definition) is 2. The van der Waals surface area contributed by atoms with Gasteiger partial charge in [-0.1, -0.05) is 0 Å². The third-order valence-corrected chi connectivity index (χ3v) is 4.37. The molecular formula is C11H15F2N3S. The Bertz CT molecular complexity index is 387. The van der Waals surface area contributed by atoms with E-state index in [1.54, 1.807) is 11.3 Å². The normalized spacial score (nSPS) is 22.9. The highest BCUT2D eigenvalue weighted by atomic mass is 32.1. The molecule has 0 unspecified atom stereocenters. The topological polar surface area (TPSA) is 37.0 Å². The van der Waals surface area contributed by atoms with Crippen molar-refractivity contribution < 1.29 is 8.78 Å². The fraction of sp³-hybridized carbons (Fsp3) is 0.727. The SMILES string of the molecule is FC1(F)CC(CNc2nc3c(s2)CNCC3)C1. The Balaban J connectivity index is 1.54. The van der Waals surface area contributed by atoms with Crippen LogP contribution in [0.4, 0.5) is 13.9 Å². The minimum atomic E-state index is -2.42. The van der Waals surface area contributed by atoms with Gasteiger partial charge in [-0.15, -0.1) is 11.3 Å². The van der Waals surface area contributed by atoms with Crippen LogP contribution in [0.1, 0.15) is 23.4 Å². The van der Waals surface area contributed by atoms with Gasteiger partial charge < -0.3 is 10.6 Å². The summed E-state index contributed by atoms with van der Waals surface area (Å²) in [4.78, 5) is 5.77. The molecule has 17 heavy (non-hydrogen) atoms. The predicted molar refractivity (Wildman–Crippen MR) is 63.7 cm³/mol. The first-order valence-corrected chi connectivity index (χ1v) is 6.75. The molecule has 0 radical (unpaired) electrons. The molecule has 2 heterocycles. The molecule has 0 bridgehead atoms. The van der Waals surface area contributed by atoms with Gasteiger partial charge in [0, 0.05) is 43.8 Å². The molecule has 0 atom stereocenters. The lowest BCUT2D eigenvalue weighted by Gasteiger charge is -2.34. The van der Waals surface area contributed by atoms with Crippen LogP contribution in [0.15, 0.2) is 0 Å². The van der Waals surface area contributed by atoms with E-state index in [1.165, 1.54) is 4.88 Å². The van der Waals surface area contributed by atoms with E-state index >= 15 is 0 Å². The summed E-state index contributed by atoms with van der Waals surface area (Å²) in [7, 11) is 0. The maximum atomic E-state index is 12.7. The molecule has 1 saturated carbocycles. The standard InChI is InChI=1S/C11H15F2N3S/c12-11(13)3-7(4-11)5-15-10-16-8-1-2-14-6-9(8)17-10/h7,14H,1-6H2,(H,15,16). The van der Waals surface area contributed by atoms with Gasteiger partial charge >= 0.3 is 0 Å². The molecule has 2 aliphatic rings. The van der Waals surface area contributed by atoms with Crippen molar-refractivity contribution in [1.82, 2.24) is 10.3 Å². The summed E-state index contributed by atoms with van der Waals surface area (Å²) >= 11 is 1.64. The van der Waals surface area contributed by atoms with Crippen molar-refractivity contribution in [1.29, 1.82) is 0 Å². The molecule has 1 aromatic rings. The smallest absolute Gasteiger partial charge is 0.248 e. The van der Waals surface area contributed by atoms with Gasteiger partial charge in [0.1, 0.15) is 0 Å². The minimum Gasteiger partial charge on any atom is -0.361 e. The Morgan fingerprint density at radius 1 is 1.47 bits per heavy atom. The van der Waals surface area contributed by atoms with Crippen LogP contribution in [-0.2, 0) is 13.0 Å². The summed E-state index contributed by atoms with van der Waals surface area (Å²) < 4.78 is 25.3. The van der Waals surface area contributed by atoms with Gasteiger partial charge in [0.05, 0.1) is 5.69 Å². The first-order valence-electron chi connectivity index (χ1n) is 5.93. The molecule has 0 aromatic carbocycles. The molecule has 1 aliphatic heterocycles. The van der Waals surface area contributed by atoms with Gasteiger partial charge in [0.25, 0.3) is 0 Å². The van der Waals surface area contributed by atoms with Crippen LogP contribution in [0.5, 0.6) is 0 Å². The molecule has 2 N–H and O–H groups in total. The van der Waals surface area contributed by atoms with Gasteiger partial charge in [-0.25, -0.2) is 13.8 Å². The number of nitrogens with zero attached hydrogens (tertiary/aromatic N) is 1. The fourth-order valence-corrected chi connectivity index (χ4v) is 3.35. The molecule has 3 rings (SSSR count). The lowest BCUT2D eigenvalue weighted by Crippen LogP contribution is -2.39. The number of thiazole rings is 1. The van der Waals surface area contributed by atoms with Crippen LogP contribution >= 0.6 is 11.3 Å². The van der Waals surface area contributed by atoms with Gasteiger partial charge in [-0.2, -0.15) is 0 Å². The molecule has 94 valence electrons. The second-order valence-corrected chi connectivity index (χ2v) is 5.91. The van der Waals surface area contributed by atoms with Crippen LogP contribution in [0.3, 0.4) is 0 Å². The Kier molecular flexibility index (Phi) is 2.78. The van der Waals surface area contributed by atoms with Gasteiger partial charge in [-0.05, 0) is 5.92 Å². The average Bonchev–Trinajstić information content (AvgIpc) is 2.65. The molecule has 0 saturated heterocycles. The molecule has 1 fully saturated rings. The van der Waals surface area contributed by atoms with Crippen molar-refractivity contribution in [3.8, 4) is 0 Å². The first kappa shape index (κ1) is 11.3. The van der Waals surface area contributed by atoms with Gasteiger partial charge in [0.15, 0.2) is 5.13 Å². The zero-order valence-corrected chi connectivity index (χ0v) is 10.2. The number of fused-ring (bicyclic) bond motifs is 1. The van der Waals surface area contributed by atoms with E-state index in [-0.39, 0.29) is 18.8 Å². The third-order valence-electron chi connectivity index (χ3n) is 3.32. The Morgan fingerprint density at radius 3 is 3.00 bits per heavy atom. The number of hydrogen-bond acceptors (Lipinski definition) is 4. The van der Waals surface area contributed by atoms with Crippen molar-refractivity contribution in [2.24, 2.45) is 5.92 Å². The van der Waals surface area contributed by atoms with Crippen LogP contribution < -0.4 is 10.6 Å². The van der Waals surface area contributed by atoms with E-state index in [0.29, 0.717) is 6.54 Å². The number of nitrogens with one attached hydrogen (secondary N) is 2. The highest BCUT2D eigenvalue weighted by molar-refractivity contribution is 7.15. The minimum absolute atomic E-state index is 0.0205. The largest absolute Gasteiger partial charge is 0.361 e. The molecule has 1 aliphatic carbocycles. The van der Waals surface area contributed by atoms with Gasteiger partial charge in [0.2, 0.25) is 5.92 Å². The van der Waals surface area contributed by atoms with E-state index in [9.17, 15) is 8.78 Å². The summed E-state index contributed by atoms with van der Waals surface area (Å²) in [6, 6.07) is 0. The van der Waals surface area contributed by atoms with Crippen molar-refractivity contribution in [3.63, 3.8) is 0 Å². The summed E-state index contributed by atoms with van der Waals surface area (Å²) in [6.07, 6.45) is 1.01. The van der Waals surface area contributed by atoms with E-state index in [0.717, 1.165) is 30.3 Å². The van der Waals surface area contributed by atoms with Crippen LogP contribution in [-0.4, -0.2) is 24.0 Å². The quantitative estimate of drug-likeness (QED) is 0.874. The van der Waals surface area contributed by atoms with Gasteiger partial charge in [-0.3, -0.25) is 0 Å². The maximum absolute atomic E-state index is 12.7. The average molecular weight is 259 g/mol. The molecular weight excluding hydrogens is 244 g/mol. The lowest BCUT2D eigenvalue weighted by atomic mass is 9.81. The second kappa shape index (κ2) is 4.17. The fourth-order valence-electron chi connectivity index (χ4n) is 2.36. The second-order valence-electron chi connectivity index (χ2n) is 4.83. The van der Waals surface area contributed by atoms with E-state index in [2.05, 4.69) is 15.6 Å². The van der Waals surface area contributed by atoms with Crippen LogP contribution in [0.25, 0.3) is 0 Å². The molecule has 6 heteroatoms. The predicted octanol–water partition coefficient (Wildman–Crippen LogP) is 2.25. The summed E-state index contributed by atoms with van der Waals surface area (Å²) in [5.41, 5.74) is 1.16. The Labute approximate surface area is 103 Å². The Hall–Kier alpha value is -0.750. The zero-order chi connectivity index (χ0) is 11.9. The Morgan fingerprint density at radius 2 is 2.29 bits per heavy atom. The molecule has 3 nitrogen and oxygen atoms in total. The molecule has 0 amide bonds. The van der Waals surface area contributed by atoms with Crippen molar-refractivity contribution in [3.05, 3.63) is 10.6 Å². The number of alkyl halides is 2. The van der Waals surface area contributed by atoms with Crippen LogP contribution in [0, 0.1) is 5.92 Å². The van der Waals surface area contributed by atoms with Crippen molar-refractivity contribution >= 4 is 16.5 Å². The van der Waals surface area contributed by atoms with Crippen molar-refractivity contribution in [2.45, 2.75) is 31.7 Å². The number of rotatable bonds is 3. The summed E-state index contributed by atoms with van der Waals surface area (Å²) in [5.74, 6) is -2.32.